The average Bonchev–Trinajstić information content (AvgIpc) is 3.36. The smallest absolute Gasteiger partial charge is 0.257 e. The fourth-order valence-electron chi connectivity index (χ4n) is 3.18. The number of benzene rings is 1. The first-order valence-corrected chi connectivity index (χ1v) is 9.02. The van der Waals surface area contributed by atoms with Crippen LogP contribution in [-0.4, -0.2) is 40.7 Å². The largest absolute Gasteiger partial charge is 0.466 e. The first kappa shape index (κ1) is 17.5. The second-order valence-corrected chi connectivity index (χ2v) is 6.51. The minimum Gasteiger partial charge on any atom is -0.466 e. The summed E-state index contributed by atoms with van der Waals surface area (Å²) in [6.45, 7) is 3.27. The van der Waals surface area contributed by atoms with Gasteiger partial charge >= 0.3 is 0 Å². The molecule has 1 aromatic carbocycles. The topological polar surface area (TPSA) is 81.6 Å². The van der Waals surface area contributed by atoms with E-state index in [2.05, 4.69) is 10.1 Å². The van der Waals surface area contributed by atoms with Crippen molar-refractivity contribution < 1.29 is 18.5 Å². The number of aromatic nitrogens is 2. The zero-order valence-corrected chi connectivity index (χ0v) is 15.1. The summed E-state index contributed by atoms with van der Waals surface area (Å²) in [5, 5.41) is 4.09. The van der Waals surface area contributed by atoms with Crippen LogP contribution >= 0.6 is 0 Å². The number of furan rings is 1. The molecule has 2 aromatic heterocycles. The van der Waals surface area contributed by atoms with Gasteiger partial charge in [-0.25, -0.2) is 0 Å². The molecule has 3 aromatic rings. The molecule has 1 atom stereocenters. The summed E-state index contributed by atoms with van der Waals surface area (Å²) < 4.78 is 16.5. The molecule has 1 unspecified atom stereocenters. The van der Waals surface area contributed by atoms with Crippen molar-refractivity contribution in [1.29, 1.82) is 0 Å². The minimum atomic E-state index is -0.342. The Bertz CT molecular complexity index is 903. The van der Waals surface area contributed by atoms with Crippen LogP contribution in [0.1, 0.15) is 29.8 Å². The Morgan fingerprint density at radius 1 is 1.22 bits per heavy atom. The molecule has 4 rings (SSSR count). The normalized spacial score (nSPS) is 17.2. The van der Waals surface area contributed by atoms with E-state index in [-0.39, 0.29) is 11.9 Å². The van der Waals surface area contributed by atoms with E-state index in [1.165, 1.54) is 0 Å². The number of morpholine rings is 1. The first-order chi connectivity index (χ1) is 13.2. The van der Waals surface area contributed by atoms with Gasteiger partial charge in [-0.1, -0.05) is 23.4 Å². The molecule has 0 N–H and O–H groups in total. The van der Waals surface area contributed by atoms with Crippen LogP contribution in [-0.2, 0) is 16.0 Å². The predicted molar refractivity (Wildman–Crippen MR) is 96.8 cm³/mol. The number of hydrogen-bond donors (Lipinski definition) is 0. The van der Waals surface area contributed by atoms with Gasteiger partial charge in [-0.2, -0.15) is 4.98 Å². The molecular weight excluding hydrogens is 346 g/mol. The summed E-state index contributed by atoms with van der Waals surface area (Å²) in [5.74, 6) is 2.60. The molecule has 27 heavy (non-hydrogen) atoms. The van der Waals surface area contributed by atoms with Crippen LogP contribution in [0.5, 0.6) is 0 Å². The lowest BCUT2D eigenvalue weighted by atomic mass is 10.1. The highest BCUT2D eigenvalue weighted by molar-refractivity contribution is 5.77. The SMILES string of the molecule is Cc1ccc(CCC(=O)N2CCOCC2c2noc(-c3ccccc3)n2)o1. The summed E-state index contributed by atoms with van der Waals surface area (Å²) in [7, 11) is 0. The van der Waals surface area contributed by atoms with Gasteiger partial charge in [-0.15, -0.1) is 0 Å². The van der Waals surface area contributed by atoms with Crippen molar-refractivity contribution in [3.05, 3.63) is 59.8 Å². The third-order valence-corrected chi connectivity index (χ3v) is 4.59. The molecule has 1 aliphatic heterocycles. The van der Waals surface area contributed by atoms with Crippen LogP contribution in [0.3, 0.4) is 0 Å². The van der Waals surface area contributed by atoms with Crippen molar-refractivity contribution in [3.63, 3.8) is 0 Å². The summed E-state index contributed by atoms with van der Waals surface area (Å²) in [4.78, 5) is 19.0. The maximum Gasteiger partial charge on any atom is 0.257 e. The molecule has 0 radical (unpaired) electrons. The maximum absolute atomic E-state index is 12.8. The summed E-state index contributed by atoms with van der Waals surface area (Å²) in [6, 6.07) is 13.0. The zero-order chi connectivity index (χ0) is 18.6. The van der Waals surface area contributed by atoms with Crippen molar-refractivity contribution in [2.75, 3.05) is 19.8 Å². The molecule has 1 amide bonds. The van der Waals surface area contributed by atoms with Crippen LogP contribution in [0.4, 0.5) is 0 Å². The van der Waals surface area contributed by atoms with Gasteiger partial charge in [0.25, 0.3) is 5.89 Å². The third-order valence-electron chi connectivity index (χ3n) is 4.59. The number of carbonyl (C=O) groups excluding carboxylic acids is 1. The van der Waals surface area contributed by atoms with E-state index < -0.39 is 0 Å². The first-order valence-electron chi connectivity index (χ1n) is 9.02. The fraction of sp³-hybridized carbons (Fsp3) is 0.350. The Labute approximate surface area is 156 Å². The van der Waals surface area contributed by atoms with E-state index in [9.17, 15) is 4.79 Å². The van der Waals surface area contributed by atoms with Gasteiger partial charge in [0, 0.05) is 24.9 Å². The van der Waals surface area contributed by atoms with Crippen molar-refractivity contribution in [2.24, 2.45) is 0 Å². The molecule has 1 aliphatic rings. The highest BCUT2D eigenvalue weighted by Gasteiger charge is 2.32. The predicted octanol–water partition coefficient (Wildman–Crippen LogP) is 3.17. The van der Waals surface area contributed by atoms with Gasteiger partial charge in [0.05, 0.1) is 13.2 Å². The number of aryl methyl sites for hydroxylation is 2. The van der Waals surface area contributed by atoms with E-state index in [0.717, 1.165) is 17.1 Å². The van der Waals surface area contributed by atoms with Gasteiger partial charge in [0.2, 0.25) is 5.91 Å². The Balaban J connectivity index is 1.47. The van der Waals surface area contributed by atoms with E-state index >= 15 is 0 Å². The number of ether oxygens (including phenoxy) is 1. The zero-order valence-electron chi connectivity index (χ0n) is 15.1. The quantitative estimate of drug-likeness (QED) is 0.689. The highest BCUT2D eigenvalue weighted by Crippen LogP contribution is 2.26. The molecule has 140 valence electrons. The van der Waals surface area contributed by atoms with Gasteiger partial charge in [0.15, 0.2) is 5.82 Å². The molecule has 1 fully saturated rings. The molecule has 3 heterocycles. The summed E-state index contributed by atoms with van der Waals surface area (Å²) >= 11 is 0. The number of nitrogens with zero attached hydrogens (tertiary/aromatic N) is 3. The van der Waals surface area contributed by atoms with E-state index in [1.807, 2.05) is 49.4 Å². The lowest BCUT2D eigenvalue weighted by molar-refractivity contribution is -0.140. The van der Waals surface area contributed by atoms with Gasteiger partial charge in [-0.3, -0.25) is 4.79 Å². The Kier molecular flexibility index (Phi) is 5.02. The van der Waals surface area contributed by atoms with Crippen LogP contribution in [0.25, 0.3) is 11.5 Å². The molecule has 0 bridgehead atoms. The monoisotopic (exact) mass is 367 g/mol. The molecule has 0 saturated carbocycles. The summed E-state index contributed by atoms with van der Waals surface area (Å²) in [6.07, 6.45) is 0.936. The van der Waals surface area contributed by atoms with E-state index in [0.29, 0.717) is 44.3 Å². The number of rotatable bonds is 5. The van der Waals surface area contributed by atoms with Gasteiger partial charge < -0.3 is 18.6 Å². The van der Waals surface area contributed by atoms with Crippen LogP contribution in [0, 0.1) is 6.92 Å². The van der Waals surface area contributed by atoms with Crippen molar-refractivity contribution in [1.82, 2.24) is 15.0 Å². The Morgan fingerprint density at radius 2 is 2.07 bits per heavy atom. The van der Waals surface area contributed by atoms with Gasteiger partial charge in [-0.05, 0) is 31.2 Å². The molecular formula is C20H21N3O4. The Hall–Kier alpha value is -2.93. The minimum absolute atomic E-state index is 0.0309. The third kappa shape index (κ3) is 3.93. The van der Waals surface area contributed by atoms with Crippen molar-refractivity contribution >= 4 is 5.91 Å². The second kappa shape index (κ2) is 7.75. The summed E-state index contributed by atoms with van der Waals surface area (Å²) in [5.41, 5.74) is 0.846. The standard InChI is InChI=1S/C20H21N3O4/c1-14-7-8-16(26-14)9-10-18(24)23-11-12-25-13-17(23)19-21-20(27-22-19)15-5-3-2-4-6-15/h2-8,17H,9-13H2,1H3. The second-order valence-electron chi connectivity index (χ2n) is 6.51. The van der Waals surface area contributed by atoms with Crippen molar-refractivity contribution in [3.8, 4) is 11.5 Å². The maximum atomic E-state index is 12.8. The van der Waals surface area contributed by atoms with Crippen LogP contribution in [0.15, 0.2) is 51.4 Å². The highest BCUT2D eigenvalue weighted by atomic mass is 16.5. The fourth-order valence-corrected chi connectivity index (χ4v) is 3.18. The molecule has 7 heteroatoms. The van der Waals surface area contributed by atoms with Crippen LogP contribution in [0.2, 0.25) is 0 Å². The molecule has 7 nitrogen and oxygen atoms in total. The molecule has 1 saturated heterocycles. The van der Waals surface area contributed by atoms with Crippen LogP contribution < -0.4 is 0 Å². The van der Waals surface area contributed by atoms with Gasteiger partial charge in [0.1, 0.15) is 17.6 Å². The molecule has 0 aliphatic carbocycles. The van der Waals surface area contributed by atoms with E-state index in [4.69, 9.17) is 13.7 Å². The number of amides is 1. The van der Waals surface area contributed by atoms with E-state index in [1.54, 1.807) is 4.90 Å². The van der Waals surface area contributed by atoms with Crippen molar-refractivity contribution in [2.45, 2.75) is 25.8 Å². The number of carbonyl (C=O) groups is 1. The average molecular weight is 367 g/mol. The lowest BCUT2D eigenvalue weighted by Gasteiger charge is -2.33. The lowest BCUT2D eigenvalue weighted by Crippen LogP contribution is -2.43. The Morgan fingerprint density at radius 3 is 2.85 bits per heavy atom. The molecule has 0 spiro atoms. The number of hydrogen-bond acceptors (Lipinski definition) is 6.